The highest BCUT2D eigenvalue weighted by Crippen LogP contribution is 2.32. The molecule has 2 nitrogen and oxygen atoms in total. The Balaban J connectivity index is 1.90. The van der Waals surface area contributed by atoms with Crippen molar-refractivity contribution in [3.8, 4) is 33.8 Å². The molecule has 0 saturated heterocycles. The molecule has 0 fully saturated rings. The van der Waals surface area contributed by atoms with Gasteiger partial charge in [-0.2, -0.15) is 0 Å². The van der Waals surface area contributed by atoms with Crippen molar-refractivity contribution < 1.29 is 8.98 Å². The zero-order valence-electron chi connectivity index (χ0n) is 14.1. The molecule has 120 valence electrons. The molecule has 0 aliphatic rings. The van der Waals surface area contributed by atoms with Crippen LogP contribution in [0.1, 0.15) is 0 Å². The molecule has 0 radical (unpaired) electrons. The highest BCUT2D eigenvalue weighted by atomic mass is 16.3. The van der Waals surface area contributed by atoms with Gasteiger partial charge in [0.15, 0.2) is 12.4 Å². The molecule has 2 heteroatoms. The molecule has 2 heterocycles. The van der Waals surface area contributed by atoms with Crippen molar-refractivity contribution in [2.45, 2.75) is 0 Å². The monoisotopic (exact) mass is 325 g/mol. The molecular weight excluding hydrogens is 306 g/mol. The van der Waals surface area contributed by atoms with Crippen LogP contribution in [0.3, 0.4) is 0 Å². The normalized spacial score (nSPS) is 10.6. The van der Waals surface area contributed by atoms with Crippen LogP contribution in [0.2, 0.25) is 0 Å². The topological polar surface area (TPSA) is 15.2 Å². The molecule has 4 rings (SSSR count). The van der Waals surface area contributed by atoms with E-state index >= 15 is 0 Å². The van der Waals surface area contributed by atoms with Gasteiger partial charge in [0, 0.05) is 17.7 Å². The van der Waals surface area contributed by atoms with Crippen molar-refractivity contribution in [3.05, 3.63) is 97.3 Å². The number of rotatable bonds is 3. The van der Waals surface area contributed by atoms with Gasteiger partial charge >= 0.3 is 11.5 Å². The molecule has 0 atom stereocenters. The molecule has 0 N–H and O–H groups in total. The van der Waals surface area contributed by atoms with E-state index in [2.05, 4.69) is 60.9 Å². The van der Waals surface area contributed by atoms with Crippen molar-refractivity contribution in [1.82, 2.24) is 0 Å². The fraction of sp³-hybridized carbons (Fsp3) is 0.0435. The van der Waals surface area contributed by atoms with Crippen molar-refractivity contribution in [2.75, 3.05) is 0 Å². The molecule has 0 saturated carbocycles. The van der Waals surface area contributed by atoms with Crippen LogP contribution in [-0.2, 0) is 7.05 Å². The molecule has 0 aliphatic heterocycles. The molecule has 2 aromatic carbocycles. The van der Waals surface area contributed by atoms with Gasteiger partial charge in [0.2, 0.25) is 0 Å². The summed E-state index contributed by atoms with van der Waals surface area (Å²) in [5, 5.41) is 0. The van der Waals surface area contributed by atoms with Gasteiger partial charge < -0.3 is 0 Å². The fourth-order valence-electron chi connectivity index (χ4n) is 2.85. The van der Waals surface area contributed by atoms with Gasteiger partial charge in [-0.3, -0.25) is 0 Å². The fourth-order valence-corrected chi connectivity index (χ4v) is 2.85. The van der Waals surface area contributed by atoms with E-state index in [9.17, 15) is 0 Å². The van der Waals surface area contributed by atoms with E-state index in [-0.39, 0.29) is 0 Å². The number of benzene rings is 2. The predicted octanol–water partition coefficient (Wildman–Crippen LogP) is 5.39. The van der Waals surface area contributed by atoms with Gasteiger partial charge in [0.25, 0.3) is 0 Å². The molecule has 0 unspecified atom stereocenters. The SMILES string of the molecule is C[n+]1ccc(-c2cc(-c3ccccc3)[o+]c(-c3ccccc3)c2)cc1. The van der Waals surface area contributed by atoms with Crippen LogP contribution < -0.4 is 4.57 Å². The Morgan fingerprint density at radius 3 is 1.52 bits per heavy atom. The van der Waals surface area contributed by atoms with E-state index in [0.29, 0.717) is 0 Å². The van der Waals surface area contributed by atoms with Gasteiger partial charge in [-0.1, -0.05) is 36.4 Å². The first-order valence-corrected chi connectivity index (χ1v) is 8.34. The number of hydrogen-bond donors (Lipinski definition) is 0. The first-order chi connectivity index (χ1) is 12.3. The molecule has 0 aliphatic carbocycles. The van der Waals surface area contributed by atoms with E-state index in [4.69, 9.17) is 4.42 Å². The summed E-state index contributed by atoms with van der Waals surface area (Å²) in [4.78, 5) is 0. The first kappa shape index (κ1) is 15.3. The van der Waals surface area contributed by atoms with Gasteiger partial charge in [0.1, 0.15) is 7.05 Å². The third kappa shape index (κ3) is 3.33. The minimum Gasteiger partial charge on any atom is -0.208 e. The molecule has 25 heavy (non-hydrogen) atoms. The van der Waals surface area contributed by atoms with Crippen molar-refractivity contribution >= 4 is 0 Å². The van der Waals surface area contributed by atoms with Crippen LogP contribution >= 0.6 is 0 Å². The minimum absolute atomic E-state index is 0.866. The highest BCUT2D eigenvalue weighted by molar-refractivity contribution is 5.74. The Morgan fingerprint density at radius 2 is 1.04 bits per heavy atom. The molecule has 2 aromatic heterocycles. The maximum Gasteiger partial charge on any atom is 0.361 e. The molecule has 0 amide bonds. The average molecular weight is 325 g/mol. The average Bonchev–Trinajstić information content (AvgIpc) is 2.69. The van der Waals surface area contributed by atoms with Crippen molar-refractivity contribution in [1.29, 1.82) is 0 Å². The zero-order valence-corrected chi connectivity index (χ0v) is 14.1. The quantitative estimate of drug-likeness (QED) is 0.364. The van der Waals surface area contributed by atoms with Crippen LogP contribution in [0.4, 0.5) is 0 Å². The predicted molar refractivity (Wildman–Crippen MR) is 101 cm³/mol. The number of aryl methyl sites for hydroxylation is 1. The van der Waals surface area contributed by atoms with Crippen molar-refractivity contribution in [3.63, 3.8) is 0 Å². The van der Waals surface area contributed by atoms with Gasteiger partial charge in [-0.25, -0.2) is 8.98 Å². The van der Waals surface area contributed by atoms with E-state index in [1.165, 1.54) is 5.56 Å². The van der Waals surface area contributed by atoms with E-state index in [0.717, 1.165) is 28.2 Å². The van der Waals surface area contributed by atoms with Crippen molar-refractivity contribution in [2.24, 2.45) is 7.05 Å². The van der Waals surface area contributed by atoms with Gasteiger partial charge in [0.05, 0.1) is 23.3 Å². The lowest BCUT2D eigenvalue weighted by Crippen LogP contribution is -2.25. The maximum atomic E-state index is 6.23. The van der Waals surface area contributed by atoms with Gasteiger partial charge in [-0.05, 0) is 29.8 Å². The second-order valence-electron chi connectivity index (χ2n) is 6.06. The summed E-state index contributed by atoms with van der Waals surface area (Å²) in [6.45, 7) is 0. The Morgan fingerprint density at radius 1 is 0.560 bits per heavy atom. The number of hydrogen-bond acceptors (Lipinski definition) is 0. The third-order valence-electron chi connectivity index (χ3n) is 4.22. The zero-order chi connectivity index (χ0) is 17.1. The van der Waals surface area contributed by atoms with E-state index in [1.54, 1.807) is 0 Å². The van der Waals surface area contributed by atoms with Crippen LogP contribution in [-0.4, -0.2) is 0 Å². The summed E-state index contributed by atoms with van der Waals surface area (Å²) in [7, 11) is 2.02. The summed E-state index contributed by atoms with van der Waals surface area (Å²) in [5.74, 6) is 1.73. The summed E-state index contributed by atoms with van der Waals surface area (Å²) in [6.07, 6.45) is 4.12. The standard InChI is InChI=1S/C23H19NO/c1-24-14-12-18(13-15-24)21-16-22(19-8-4-2-5-9-19)25-23(17-21)20-10-6-3-7-11-20/h2-17H,1H3/q+2. The first-order valence-electron chi connectivity index (χ1n) is 8.34. The lowest BCUT2D eigenvalue weighted by atomic mass is 10.0. The summed E-state index contributed by atoms with van der Waals surface area (Å²) >= 11 is 0. The Labute approximate surface area is 147 Å². The van der Waals surface area contributed by atoms with Crippen LogP contribution in [0.5, 0.6) is 0 Å². The minimum atomic E-state index is 0.866. The second-order valence-corrected chi connectivity index (χ2v) is 6.06. The van der Waals surface area contributed by atoms with E-state index in [1.807, 2.05) is 48.0 Å². The van der Waals surface area contributed by atoms with E-state index < -0.39 is 0 Å². The molecule has 4 aromatic rings. The largest absolute Gasteiger partial charge is 0.361 e. The number of pyridine rings is 1. The van der Waals surface area contributed by atoms with Gasteiger partial charge in [-0.15, -0.1) is 0 Å². The number of nitrogens with zero attached hydrogens (tertiary/aromatic N) is 1. The summed E-state index contributed by atoms with van der Waals surface area (Å²) in [6, 6.07) is 28.9. The molecule has 0 spiro atoms. The molecule has 0 bridgehead atoms. The summed E-state index contributed by atoms with van der Waals surface area (Å²) < 4.78 is 8.26. The second kappa shape index (κ2) is 6.70. The maximum absolute atomic E-state index is 6.23. The highest BCUT2D eigenvalue weighted by Gasteiger charge is 2.20. The van der Waals surface area contributed by atoms with Crippen LogP contribution in [0.15, 0.2) is 102 Å². The Kier molecular flexibility index (Phi) is 4.09. The van der Waals surface area contributed by atoms with Crippen LogP contribution in [0, 0.1) is 0 Å². The Hall–Kier alpha value is -3.26. The lowest BCUT2D eigenvalue weighted by Gasteiger charge is -2.01. The number of aromatic nitrogens is 1. The summed E-state index contributed by atoms with van der Waals surface area (Å²) in [5.41, 5.74) is 4.46. The molecular formula is C23H19NO+2. The third-order valence-corrected chi connectivity index (χ3v) is 4.22. The lowest BCUT2D eigenvalue weighted by molar-refractivity contribution is -0.671. The smallest absolute Gasteiger partial charge is 0.208 e. The Bertz CT molecular complexity index is 920. The van der Waals surface area contributed by atoms with Crippen LogP contribution in [0.25, 0.3) is 33.8 Å².